The van der Waals surface area contributed by atoms with E-state index in [9.17, 15) is 9.59 Å². The lowest BCUT2D eigenvalue weighted by molar-refractivity contribution is 0.0592. The van der Waals surface area contributed by atoms with Gasteiger partial charge < -0.3 is 9.47 Å². The van der Waals surface area contributed by atoms with Gasteiger partial charge in [-0.25, -0.2) is 9.59 Å². The molecule has 0 atom stereocenters. The van der Waals surface area contributed by atoms with Crippen molar-refractivity contribution in [2.75, 3.05) is 14.2 Å². The molecule has 3 aromatic rings. The van der Waals surface area contributed by atoms with Crippen LogP contribution in [0.5, 0.6) is 0 Å². The minimum atomic E-state index is -0.339. The van der Waals surface area contributed by atoms with Crippen molar-refractivity contribution >= 4 is 24.3 Å². The number of benzene rings is 3. The summed E-state index contributed by atoms with van der Waals surface area (Å²) in [6.45, 7) is 2.21. The van der Waals surface area contributed by atoms with Crippen LogP contribution in [0.3, 0.4) is 0 Å². The first-order valence-corrected chi connectivity index (χ1v) is 9.70. The average molecular weight is 440 g/mol. The predicted octanol–water partition coefficient (Wildman–Crippen LogP) is 4.88. The van der Waals surface area contributed by atoms with Crippen LogP contribution >= 0.6 is 12.4 Å². The summed E-state index contributed by atoms with van der Waals surface area (Å²) < 4.78 is 9.54. The molecule has 0 aliphatic heterocycles. The highest BCUT2D eigenvalue weighted by Crippen LogP contribution is 2.16. The van der Waals surface area contributed by atoms with Gasteiger partial charge in [-0.15, -0.1) is 12.4 Å². The Labute approximate surface area is 189 Å². The number of carbonyl (C=O) groups is 2. The van der Waals surface area contributed by atoms with E-state index in [-0.39, 0.29) is 24.3 Å². The first-order chi connectivity index (χ1) is 14.6. The van der Waals surface area contributed by atoms with E-state index in [0.717, 1.165) is 30.8 Å². The molecule has 0 saturated heterocycles. The van der Waals surface area contributed by atoms with Gasteiger partial charge in [-0.1, -0.05) is 54.6 Å². The molecule has 0 radical (unpaired) electrons. The second kappa shape index (κ2) is 11.9. The minimum absolute atomic E-state index is 0. The van der Waals surface area contributed by atoms with Crippen molar-refractivity contribution in [1.82, 2.24) is 4.90 Å². The molecule has 0 aromatic heterocycles. The van der Waals surface area contributed by atoms with E-state index >= 15 is 0 Å². The van der Waals surface area contributed by atoms with E-state index in [1.807, 2.05) is 42.5 Å². The van der Waals surface area contributed by atoms with Crippen molar-refractivity contribution in [3.63, 3.8) is 0 Å². The molecule has 31 heavy (non-hydrogen) atoms. The number of esters is 2. The lowest BCUT2D eigenvalue weighted by Gasteiger charge is -2.23. The smallest absolute Gasteiger partial charge is 0.337 e. The molecular formula is C25H26ClNO4. The van der Waals surface area contributed by atoms with Gasteiger partial charge in [0.1, 0.15) is 0 Å². The van der Waals surface area contributed by atoms with Gasteiger partial charge in [-0.2, -0.15) is 0 Å². The topological polar surface area (TPSA) is 55.8 Å². The zero-order valence-electron chi connectivity index (χ0n) is 17.6. The Hall–Kier alpha value is -3.15. The van der Waals surface area contributed by atoms with Crippen LogP contribution in [0.1, 0.15) is 37.4 Å². The highest BCUT2D eigenvalue weighted by atomic mass is 35.5. The van der Waals surface area contributed by atoms with Gasteiger partial charge in [0, 0.05) is 19.6 Å². The maximum Gasteiger partial charge on any atom is 0.337 e. The summed E-state index contributed by atoms with van der Waals surface area (Å²) in [5, 5.41) is 0. The molecule has 0 spiro atoms. The molecule has 0 aliphatic carbocycles. The fourth-order valence-corrected chi connectivity index (χ4v) is 3.25. The molecule has 0 bridgehead atoms. The SMILES string of the molecule is COC(=O)c1ccc(CN(Cc2ccccc2)Cc2ccc(C(=O)OC)cc2)cc1.Cl. The van der Waals surface area contributed by atoms with Crippen molar-refractivity contribution in [3.8, 4) is 0 Å². The van der Waals surface area contributed by atoms with Crippen molar-refractivity contribution in [2.24, 2.45) is 0 Å². The highest BCUT2D eigenvalue weighted by molar-refractivity contribution is 5.89. The molecule has 0 fully saturated rings. The molecule has 0 heterocycles. The Morgan fingerprint density at radius 3 is 1.32 bits per heavy atom. The van der Waals surface area contributed by atoms with Gasteiger partial charge in [0.15, 0.2) is 0 Å². The number of rotatable bonds is 8. The normalized spacial score (nSPS) is 10.3. The first-order valence-electron chi connectivity index (χ1n) is 9.70. The van der Waals surface area contributed by atoms with Crippen molar-refractivity contribution in [1.29, 1.82) is 0 Å². The summed E-state index contributed by atoms with van der Waals surface area (Å²) in [6, 6.07) is 25.2. The van der Waals surface area contributed by atoms with E-state index in [1.165, 1.54) is 19.8 Å². The van der Waals surface area contributed by atoms with Crippen LogP contribution in [0.25, 0.3) is 0 Å². The number of methoxy groups -OCH3 is 2. The van der Waals surface area contributed by atoms with Gasteiger partial charge in [0.2, 0.25) is 0 Å². The Bertz CT molecular complexity index is 911. The molecule has 0 N–H and O–H groups in total. The summed E-state index contributed by atoms with van der Waals surface area (Å²) in [5.41, 5.74) is 4.49. The molecule has 5 nitrogen and oxygen atoms in total. The number of hydrogen-bond acceptors (Lipinski definition) is 5. The second-order valence-electron chi connectivity index (χ2n) is 7.01. The number of nitrogens with zero attached hydrogens (tertiary/aromatic N) is 1. The molecule has 6 heteroatoms. The van der Waals surface area contributed by atoms with Gasteiger partial charge >= 0.3 is 11.9 Å². The van der Waals surface area contributed by atoms with Crippen LogP contribution in [0.4, 0.5) is 0 Å². The predicted molar refractivity (Wildman–Crippen MR) is 122 cm³/mol. The van der Waals surface area contributed by atoms with Crippen LogP contribution in [0.15, 0.2) is 78.9 Å². The number of hydrogen-bond donors (Lipinski definition) is 0. The Morgan fingerprint density at radius 2 is 0.968 bits per heavy atom. The molecule has 0 unspecified atom stereocenters. The Kier molecular flexibility index (Phi) is 9.25. The number of ether oxygens (including phenoxy) is 2. The lowest BCUT2D eigenvalue weighted by Crippen LogP contribution is -2.22. The number of carbonyl (C=O) groups excluding carboxylic acids is 2. The third-order valence-electron chi connectivity index (χ3n) is 4.81. The standard InChI is InChI=1S/C25H25NO4.ClH/c1-29-24(27)22-12-8-20(9-13-22)17-26(16-19-6-4-3-5-7-19)18-21-10-14-23(15-11-21)25(28)30-2;/h3-15H,16-18H2,1-2H3;1H. The molecule has 3 aromatic carbocycles. The highest BCUT2D eigenvalue weighted by Gasteiger charge is 2.11. The van der Waals surface area contributed by atoms with Gasteiger partial charge in [0.05, 0.1) is 25.3 Å². The molecular weight excluding hydrogens is 414 g/mol. The monoisotopic (exact) mass is 439 g/mol. The van der Waals surface area contributed by atoms with Crippen molar-refractivity contribution in [2.45, 2.75) is 19.6 Å². The van der Waals surface area contributed by atoms with Crippen molar-refractivity contribution < 1.29 is 19.1 Å². The average Bonchev–Trinajstić information content (AvgIpc) is 2.79. The summed E-state index contributed by atoms with van der Waals surface area (Å²) in [4.78, 5) is 25.6. The summed E-state index contributed by atoms with van der Waals surface area (Å²) >= 11 is 0. The molecule has 3 rings (SSSR count). The number of halogens is 1. The van der Waals surface area contributed by atoms with Crippen LogP contribution < -0.4 is 0 Å². The maximum absolute atomic E-state index is 11.7. The minimum Gasteiger partial charge on any atom is -0.465 e. The van der Waals surface area contributed by atoms with Crippen LogP contribution in [0.2, 0.25) is 0 Å². The van der Waals surface area contributed by atoms with Gasteiger partial charge in [0.25, 0.3) is 0 Å². The molecule has 0 aliphatic rings. The van der Waals surface area contributed by atoms with E-state index < -0.39 is 0 Å². The van der Waals surface area contributed by atoms with E-state index in [4.69, 9.17) is 9.47 Å². The zero-order chi connectivity index (χ0) is 21.3. The third kappa shape index (κ3) is 6.95. The molecule has 0 saturated carbocycles. The quantitative estimate of drug-likeness (QED) is 0.468. The van der Waals surface area contributed by atoms with E-state index in [2.05, 4.69) is 17.0 Å². The lowest BCUT2D eigenvalue weighted by atomic mass is 10.1. The fraction of sp³-hybridized carbons (Fsp3) is 0.200. The second-order valence-corrected chi connectivity index (χ2v) is 7.01. The molecule has 162 valence electrons. The van der Waals surface area contributed by atoms with E-state index in [0.29, 0.717) is 11.1 Å². The summed E-state index contributed by atoms with van der Waals surface area (Å²) in [7, 11) is 2.76. The summed E-state index contributed by atoms with van der Waals surface area (Å²) in [5.74, 6) is -0.679. The third-order valence-corrected chi connectivity index (χ3v) is 4.81. The molecule has 0 amide bonds. The van der Waals surface area contributed by atoms with Gasteiger partial charge in [-0.05, 0) is 41.0 Å². The zero-order valence-corrected chi connectivity index (χ0v) is 18.4. The van der Waals surface area contributed by atoms with Gasteiger partial charge in [-0.3, -0.25) is 4.90 Å². The first kappa shape index (κ1) is 24.1. The summed E-state index contributed by atoms with van der Waals surface area (Å²) in [6.07, 6.45) is 0. The van der Waals surface area contributed by atoms with Crippen LogP contribution in [0, 0.1) is 0 Å². The van der Waals surface area contributed by atoms with Crippen LogP contribution in [-0.4, -0.2) is 31.1 Å². The van der Waals surface area contributed by atoms with Crippen molar-refractivity contribution in [3.05, 3.63) is 107 Å². The van der Waals surface area contributed by atoms with E-state index in [1.54, 1.807) is 24.3 Å². The fourth-order valence-electron chi connectivity index (χ4n) is 3.25. The maximum atomic E-state index is 11.7. The Morgan fingerprint density at radius 1 is 0.613 bits per heavy atom. The Balaban J connectivity index is 0.00000341. The largest absolute Gasteiger partial charge is 0.465 e. The van der Waals surface area contributed by atoms with Crippen LogP contribution in [-0.2, 0) is 29.1 Å².